The van der Waals surface area contributed by atoms with E-state index in [9.17, 15) is 22.0 Å². The minimum Gasteiger partial charge on any atom is -0.351 e. The highest BCUT2D eigenvalue weighted by molar-refractivity contribution is 9.10. The third kappa shape index (κ3) is 5.47. The molecule has 0 saturated carbocycles. The Morgan fingerprint density at radius 1 is 1.22 bits per heavy atom. The molecule has 5 nitrogen and oxygen atoms in total. The second-order valence-electron chi connectivity index (χ2n) is 5.53. The Kier molecular flexibility index (Phi) is 7.32. The smallest absolute Gasteiger partial charge is 0.247 e. The molecule has 0 heterocycles. The number of likely N-dealkylation sites (N-methyl/N-ethyl adjacent to an activating group) is 1. The van der Waals surface area contributed by atoms with Crippen molar-refractivity contribution in [3.63, 3.8) is 0 Å². The lowest BCUT2D eigenvalue weighted by molar-refractivity contribution is -0.121. The summed E-state index contributed by atoms with van der Waals surface area (Å²) >= 11 is 8.65. The molecular weight excluding hydrogens is 466 g/mol. The van der Waals surface area contributed by atoms with Crippen LogP contribution in [-0.2, 0) is 21.4 Å². The zero-order valence-corrected chi connectivity index (χ0v) is 17.3. The monoisotopic (exact) mass is 480 g/mol. The second kappa shape index (κ2) is 9.09. The number of amides is 1. The quantitative estimate of drug-likeness (QED) is 0.656. The van der Waals surface area contributed by atoms with E-state index in [-0.39, 0.29) is 17.6 Å². The number of carbonyl (C=O) groups excluding carboxylic acids is 1. The molecule has 0 aromatic heterocycles. The summed E-state index contributed by atoms with van der Waals surface area (Å²) in [5.74, 6) is -2.71. The van der Waals surface area contributed by atoms with E-state index in [1.54, 1.807) is 24.3 Å². The number of benzene rings is 2. The van der Waals surface area contributed by atoms with Gasteiger partial charge in [-0.15, -0.1) is 0 Å². The fraction of sp³-hybridized carbons (Fsp3) is 0.235. The molecule has 0 aliphatic rings. The van der Waals surface area contributed by atoms with E-state index < -0.39 is 39.0 Å². The third-order valence-electron chi connectivity index (χ3n) is 3.64. The van der Waals surface area contributed by atoms with Crippen molar-refractivity contribution >= 4 is 43.5 Å². The van der Waals surface area contributed by atoms with Gasteiger partial charge in [0.1, 0.15) is 16.5 Å². The summed E-state index contributed by atoms with van der Waals surface area (Å²) in [7, 11) is -4.35. The number of nitrogens with one attached hydrogen (secondary N) is 1. The van der Waals surface area contributed by atoms with Gasteiger partial charge in [0.25, 0.3) is 0 Å². The van der Waals surface area contributed by atoms with Crippen molar-refractivity contribution in [2.24, 2.45) is 0 Å². The van der Waals surface area contributed by atoms with Crippen LogP contribution >= 0.6 is 27.5 Å². The van der Waals surface area contributed by atoms with E-state index in [0.717, 1.165) is 15.9 Å². The van der Waals surface area contributed by atoms with Crippen LogP contribution in [0.3, 0.4) is 0 Å². The molecule has 0 bridgehead atoms. The largest absolute Gasteiger partial charge is 0.351 e. The first-order valence-electron chi connectivity index (χ1n) is 7.81. The summed E-state index contributed by atoms with van der Waals surface area (Å²) in [6, 6.07) is 8.11. The molecular formula is C17H16BrClF2N2O3S. The summed E-state index contributed by atoms with van der Waals surface area (Å²) in [5, 5.41) is 3.15. The number of rotatable bonds is 7. The Hall–Kier alpha value is -1.55. The Morgan fingerprint density at radius 3 is 2.41 bits per heavy atom. The molecule has 0 fully saturated rings. The molecule has 1 amide bonds. The van der Waals surface area contributed by atoms with E-state index in [4.69, 9.17) is 11.6 Å². The topological polar surface area (TPSA) is 66.5 Å². The van der Waals surface area contributed by atoms with Crippen LogP contribution in [0.4, 0.5) is 8.78 Å². The number of carbonyl (C=O) groups is 1. The minimum atomic E-state index is -4.35. The van der Waals surface area contributed by atoms with Gasteiger partial charge < -0.3 is 5.32 Å². The third-order valence-corrected chi connectivity index (χ3v) is 6.77. The summed E-state index contributed by atoms with van der Waals surface area (Å²) in [4.78, 5) is 11.4. The van der Waals surface area contributed by atoms with Crippen LogP contribution in [0.2, 0.25) is 5.02 Å². The number of hydrogen-bond donors (Lipinski definition) is 1. The van der Waals surface area contributed by atoms with E-state index in [0.29, 0.717) is 11.1 Å². The number of hydrogen-bond acceptors (Lipinski definition) is 3. The van der Waals surface area contributed by atoms with Crippen LogP contribution in [0.5, 0.6) is 0 Å². The van der Waals surface area contributed by atoms with Gasteiger partial charge in [-0.2, -0.15) is 4.31 Å². The van der Waals surface area contributed by atoms with Crippen LogP contribution in [-0.4, -0.2) is 31.7 Å². The first-order valence-corrected chi connectivity index (χ1v) is 10.4. The Labute approximate surface area is 169 Å². The first kappa shape index (κ1) is 21.7. The van der Waals surface area contributed by atoms with Crippen molar-refractivity contribution in [2.45, 2.75) is 18.4 Å². The normalized spacial score (nSPS) is 11.6. The summed E-state index contributed by atoms with van der Waals surface area (Å²) < 4.78 is 53.2. The number of nitrogens with zero attached hydrogens (tertiary/aromatic N) is 1. The molecule has 10 heteroatoms. The second-order valence-corrected chi connectivity index (χ2v) is 8.70. The highest BCUT2D eigenvalue weighted by Gasteiger charge is 2.30. The SMILES string of the molecule is CCN(CC(=O)NCc1ccc(Cl)cc1)S(=O)(=O)c1c(F)cc(F)cc1Br. The highest BCUT2D eigenvalue weighted by atomic mass is 79.9. The molecule has 0 aliphatic carbocycles. The van der Waals surface area contributed by atoms with Gasteiger partial charge in [0, 0.05) is 28.7 Å². The van der Waals surface area contributed by atoms with Crippen LogP contribution in [0.15, 0.2) is 45.8 Å². The maximum absolute atomic E-state index is 14.1. The average Bonchev–Trinajstić information content (AvgIpc) is 2.57. The van der Waals surface area contributed by atoms with E-state index in [1.165, 1.54) is 6.92 Å². The number of sulfonamides is 1. The van der Waals surface area contributed by atoms with Gasteiger partial charge in [-0.25, -0.2) is 17.2 Å². The first-order chi connectivity index (χ1) is 12.6. The van der Waals surface area contributed by atoms with Gasteiger partial charge in [-0.3, -0.25) is 4.79 Å². The van der Waals surface area contributed by atoms with Crippen molar-refractivity contribution in [3.8, 4) is 0 Å². The lowest BCUT2D eigenvalue weighted by Gasteiger charge is -2.21. The van der Waals surface area contributed by atoms with Gasteiger partial charge in [0.05, 0.1) is 6.54 Å². The van der Waals surface area contributed by atoms with Crippen LogP contribution in [0.1, 0.15) is 12.5 Å². The standard InChI is InChI=1S/C17H16BrClF2N2O3S/c1-2-23(10-16(24)22-9-11-3-5-12(19)6-4-11)27(25,26)17-14(18)7-13(20)8-15(17)21/h3-8H,2,9-10H2,1H3,(H,22,24). The lowest BCUT2D eigenvalue weighted by Crippen LogP contribution is -2.40. The minimum absolute atomic E-state index is 0.0695. The van der Waals surface area contributed by atoms with Crippen molar-refractivity contribution in [1.29, 1.82) is 0 Å². The van der Waals surface area contributed by atoms with Gasteiger partial charge in [-0.05, 0) is 39.7 Å². The molecule has 146 valence electrons. The molecule has 2 aromatic carbocycles. The molecule has 0 atom stereocenters. The Bertz CT molecular complexity index is 917. The fourth-order valence-corrected chi connectivity index (χ4v) is 4.93. The molecule has 27 heavy (non-hydrogen) atoms. The van der Waals surface area contributed by atoms with E-state index in [1.807, 2.05) is 0 Å². The van der Waals surface area contributed by atoms with Crippen molar-refractivity contribution < 1.29 is 22.0 Å². The summed E-state index contributed by atoms with van der Waals surface area (Å²) in [6.07, 6.45) is 0. The molecule has 1 N–H and O–H groups in total. The van der Waals surface area contributed by atoms with Crippen molar-refractivity contribution in [2.75, 3.05) is 13.1 Å². The highest BCUT2D eigenvalue weighted by Crippen LogP contribution is 2.28. The summed E-state index contributed by atoms with van der Waals surface area (Å²) in [5.41, 5.74) is 0.783. The molecule has 0 unspecified atom stereocenters. The molecule has 0 radical (unpaired) electrons. The van der Waals surface area contributed by atoms with E-state index >= 15 is 0 Å². The number of halogens is 4. The summed E-state index contributed by atoms with van der Waals surface area (Å²) in [6.45, 7) is 1.12. The van der Waals surface area contributed by atoms with Crippen molar-refractivity contribution in [1.82, 2.24) is 9.62 Å². The maximum atomic E-state index is 14.1. The molecule has 2 aromatic rings. The Balaban J connectivity index is 2.13. The average molecular weight is 482 g/mol. The molecule has 0 aliphatic heterocycles. The van der Waals surface area contributed by atoms with Crippen molar-refractivity contribution in [3.05, 3.63) is 63.1 Å². The lowest BCUT2D eigenvalue weighted by atomic mass is 10.2. The molecule has 2 rings (SSSR count). The van der Waals surface area contributed by atoms with Crippen LogP contribution in [0, 0.1) is 11.6 Å². The zero-order valence-electron chi connectivity index (χ0n) is 14.2. The van der Waals surface area contributed by atoms with Crippen LogP contribution in [0.25, 0.3) is 0 Å². The fourth-order valence-electron chi connectivity index (χ4n) is 2.29. The molecule has 0 spiro atoms. The van der Waals surface area contributed by atoms with Crippen LogP contribution < -0.4 is 5.32 Å². The predicted octanol–water partition coefficient (Wildman–Crippen LogP) is 3.71. The van der Waals surface area contributed by atoms with E-state index in [2.05, 4.69) is 21.2 Å². The zero-order chi connectivity index (χ0) is 20.2. The van der Waals surface area contributed by atoms with Gasteiger partial charge in [0.2, 0.25) is 15.9 Å². The van der Waals surface area contributed by atoms with Gasteiger partial charge in [-0.1, -0.05) is 30.7 Å². The van der Waals surface area contributed by atoms with Gasteiger partial charge >= 0.3 is 0 Å². The Morgan fingerprint density at radius 2 is 1.85 bits per heavy atom. The maximum Gasteiger partial charge on any atom is 0.247 e. The van der Waals surface area contributed by atoms with Gasteiger partial charge in [0.15, 0.2) is 0 Å². The predicted molar refractivity (Wildman–Crippen MR) is 102 cm³/mol. The molecule has 0 saturated heterocycles.